The molecule has 84 valence electrons. The van der Waals surface area contributed by atoms with Gasteiger partial charge in [0.2, 0.25) is 0 Å². The lowest BCUT2D eigenvalue weighted by atomic mass is 10.2. The van der Waals surface area contributed by atoms with E-state index in [0.717, 1.165) is 27.7 Å². The molecule has 0 unspecified atom stereocenters. The van der Waals surface area contributed by atoms with E-state index in [1.54, 1.807) is 11.3 Å². The number of nitrogen functional groups attached to an aromatic ring is 1. The van der Waals surface area contributed by atoms with E-state index in [-0.39, 0.29) is 0 Å². The lowest BCUT2D eigenvalue weighted by Gasteiger charge is -2.06. The smallest absolute Gasteiger partial charge is 0.140 e. The molecule has 0 aliphatic rings. The quantitative estimate of drug-likeness (QED) is 0.831. The third-order valence-corrected chi connectivity index (χ3v) is 3.21. The van der Waals surface area contributed by atoms with E-state index < -0.39 is 0 Å². The summed E-state index contributed by atoms with van der Waals surface area (Å²) in [5, 5.41) is 3.01. The van der Waals surface area contributed by atoms with Crippen LogP contribution in [0.2, 0.25) is 0 Å². The first kappa shape index (κ1) is 11.0. The van der Waals surface area contributed by atoms with Crippen molar-refractivity contribution in [2.75, 3.05) is 5.73 Å². The van der Waals surface area contributed by atoms with Crippen LogP contribution < -0.4 is 10.5 Å². The van der Waals surface area contributed by atoms with Crippen LogP contribution in [0.5, 0.6) is 5.75 Å². The number of rotatable bonds is 3. The minimum absolute atomic E-state index is 0.516. The Morgan fingerprint density at radius 2 is 2.19 bits per heavy atom. The molecular formula is C12H14N2OS. The molecule has 3 nitrogen and oxygen atoms in total. The van der Waals surface area contributed by atoms with Crippen LogP contribution in [0, 0.1) is 13.8 Å². The predicted octanol–water partition coefficient (Wildman–Crippen LogP) is 2.92. The Balaban J connectivity index is 2.02. The van der Waals surface area contributed by atoms with Crippen molar-refractivity contribution in [1.82, 2.24) is 4.98 Å². The zero-order valence-corrected chi connectivity index (χ0v) is 10.2. The third-order valence-electron chi connectivity index (χ3n) is 2.27. The molecule has 16 heavy (non-hydrogen) atoms. The van der Waals surface area contributed by atoms with E-state index in [9.17, 15) is 0 Å². The van der Waals surface area contributed by atoms with Crippen molar-refractivity contribution >= 4 is 17.0 Å². The first-order chi connectivity index (χ1) is 7.65. The Hall–Kier alpha value is -1.55. The van der Waals surface area contributed by atoms with E-state index in [4.69, 9.17) is 10.5 Å². The second-order valence-corrected chi connectivity index (χ2v) is 4.63. The van der Waals surface area contributed by atoms with Gasteiger partial charge in [0.05, 0.1) is 0 Å². The van der Waals surface area contributed by atoms with Gasteiger partial charge >= 0.3 is 0 Å². The second kappa shape index (κ2) is 4.53. The van der Waals surface area contributed by atoms with Crippen molar-refractivity contribution in [2.24, 2.45) is 0 Å². The van der Waals surface area contributed by atoms with Crippen LogP contribution in [-0.2, 0) is 6.61 Å². The zero-order chi connectivity index (χ0) is 11.5. The highest BCUT2D eigenvalue weighted by molar-refractivity contribution is 7.09. The summed E-state index contributed by atoms with van der Waals surface area (Å²) in [5.74, 6) is 0.833. The maximum Gasteiger partial charge on any atom is 0.140 e. The Labute approximate surface area is 98.9 Å². The second-order valence-electron chi connectivity index (χ2n) is 3.69. The van der Waals surface area contributed by atoms with Gasteiger partial charge in [-0.2, -0.15) is 0 Å². The molecule has 0 saturated carbocycles. The van der Waals surface area contributed by atoms with Gasteiger partial charge in [-0.25, -0.2) is 4.98 Å². The summed E-state index contributed by atoms with van der Waals surface area (Å²) >= 11 is 1.62. The minimum atomic E-state index is 0.516. The number of nitrogens with zero attached hydrogens (tertiary/aromatic N) is 1. The van der Waals surface area contributed by atoms with E-state index >= 15 is 0 Å². The number of nitrogens with two attached hydrogens (primary N) is 1. The van der Waals surface area contributed by atoms with Crippen molar-refractivity contribution in [3.05, 3.63) is 39.8 Å². The normalized spacial score (nSPS) is 10.4. The van der Waals surface area contributed by atoms with E-state index in [1.807, 2.05) is 37.4 Å². The SMILES string of the molecule is Cc1csc(COc2ccc(N)c(C)c2)n1. The van der Waals surface area contributed by atoms with Crippen LogP contribution in [0.15, 0.2) is 23.6 Å². The van der Waals surface area contributed by atoms with Gasteiger partial charge in [0.15, 0.2) is 0 Å². The van der Waals surface area contributed by atoms with Crippen LogP contribution in [0.4, 0.5) is 5.69 Å². The van der Waals surface area contributed by atoms with Gasteiger partial charge in [-0.1, -0.05) is 0 Å². The standard InChI is InChI=1S/C12H14N2OS/c1-8-5-10(3-4-11(8)13)15-6-12-14-9(2)7-16-12/h3-5,7H,6,13H2,1-2H3. The Morgan fingerprint density at radius 1 is 1.38 bits per heavy atom. The molecule has 0 aliphatic carbocycles. The fourth-order valence-electron chi connectivity index (χ4n) is 1.35. The molecule has 2 N–H and O–H groups in total. The molecule has 0 amide bonds. The predicted molar refractivity (Wildman–Crippen MR) is 66.8 cm³/mol. The number of anilines is 1. The molecule has 1 aromatic heterocycles. The molecule has 0 fully saturated rings. The summed E-state index contributed by atoms with van der Waals surface area (Å²) in [4.78, 5) is 4.33. The number of hydrogen-bond donors (Lipinski definition) is 1. The fraction of sp³-hybridized carbons (Fsp3) is 0.250. The summed E-state index contributed by atoms with van der Waals surface area (Å²) in [5.41, 5.74) is 8.60. The third kappa shape index (κ3) is 2.52. The van der Waals surface area contributed by atoms with Crippen LogP contribution in [0.1, 0.15) is 16.3 Å². The number of thiazole rings is 1. The minimum Gasteiger partial charge on any atom is -0.486 e. The highest BCUT2D eigenvalue weighted by Gasteiger charge is 2.01. The van der Waals surface area contributed by atoms with E-state index in [0.29, 0.717) is 6.61 Å². The maximum absolute atomic E-state index is 5.73. The van der Waals surface area contributed by atoms with E-state index in [2.05, 4.69) is 4.98 Å². The van der Waals surface area contributed by atoms with Gasteiger partial charge in [-0.3, -0.25) is 0 Å². The molecule has 0 atom stereocenters. The van der Waals surface area contributed by atoms with Gasteiger partial charge in [-0.15, -0.1) is 11.3 Å². The zero-order valence-electron chi connectivity index (χ0n) is 9.36. The van der Waals surface area contributed by atoms with Gasteiger partial charge in [0.25, 0.3) is 0 Å². The number of aryl methyl sites for hydroxylation is 2. The Morgan fingerprint density at radius 3 is 2.81 bits per heavy atom. The summed E-state index contributed by atoms with van der Waals surface area (Å²) in [6, 6.07) is 5.68. The van der Waals surface area contributed by atoms with E-state index in [1.165, 1.54) is 0 Å². The lowest BCUT2D eigenvalue weighted by Crippen LogP contribution is -1.96. The number of hydrogen-bond acceptors (Lipinski definition) is 4. The van der Waals surface area contributed by atoms with Crippen molar-refractivity contribution in [2.45, 2.75) is 20.5 Å². The fourth-order valence-corrected chi connectivity index (χ4v) is 2.03. The van der Waals surface area contributed by atoms with Crippen LogP contribution in [-0.4, -0.2) is 4.98 Å². The molecule has 2 rings (SSSR count). The average molecular weight is 234 g/mol. The van der Waals surface area contributed by atoms with Gasteiger partial charge in [0, 0.05) is 16.8 Å². The average Bonchev–Trinajstić information content (AvgIpc) is 2.66. The topological polar surface area (TPSA) is 48.1 Å². The van der Waals surface area contributed by atoms with Crippen LogP contribution >= 0.6 is 11.3 Å². The van der Waals surface area contributed by atoms with Gasteiger partial charge in [-0.05, 0) is 37.6 Å². The van der Waals surface area contributed by atoms with Crippen molar-refractivity contribution in [3.63, 3.8) is 0 Å². The Kier molecular flexibility index (Phi) is 3.10. The molecule has 0 aliphatic heterocycles. The molecule has 1 heterocycles. The van der Waals surface area contributed by atoms with Gasteiger partial charge < -0.3 is 10.5 Å². The molecule has 4 heteroatoms. The first-order valence-corrected chi connectivity index (χ1v) is 5.93. The molecule has 0 spiro atoms. The molecule has 0 bridgehead atoms. The monoisotopic (exact) mass is 234 g/mol. The lowest BCUT2D eigenvalue weighted by molar-refractivity contribution is 0.305. The molecule has 0 radical (unpaired) electrons. The largest absolute Gasteiger partial charge is 0.486 e. The summed E-state index contributed by atoms with van der Waals surface area (Å²) in [6.45, 7) is 4.46. The summed E-state index contributed by atoms with van der Waals surface area (Å²) < 4.78 is 5.63. The summed E-state index contributed by atoms with van der Waals surface area (Å²) in [6.07, 6.45) is 0. The Bertz CT molecular complexity index is 494. The highest BCUT2D eigenvalue weighted by atomic mass is 32.1. The van der Waals surface area contributed by atoms with Crippen molar-refractivity contribution in [1.29, 1.82) is 0 Å². The molecule has 1 aromatic carbocycles. The van der Waals surface area contributed by atoms with Crippen molar-refractivity contribution in [3.8, 4) is 5.75 Å². The molecule has 0 saturated heterocycles. The highest BCUT2D eigenvalue weighted by Crippen LogP contribution is 2.20. The number of benzene rings is 1. The van der Waals surface area contributed by atoms with Crippen LogP contribution in [0.3, 0.4) is 0 Å². The van der Waals surface area contributed by atoms with Gasteiger partial charge in [0.1, 0.15) is 17.4 Å². The molecule has 2 aromatic rings. The number of ether oxygens (including phenoxy) is 1. The van der Waals surface area contributed by atoms with Crippen molar-refractivity contribution < 1.29 is 4.74 Å². The van der Waals surface area contributed by atoms with Crippen LogP contribution in [0.25, 0.3) is 0 Å². The maximum atomic E-state index is 5.73. The first-order valence-electron chi connectivity index (χ1n) is 5.05. The molecular weight excluding hydrogens is 220 g/mol. The summed E-state index contributed by atoms with van der Waals surface area (Å²) in [7, 11) is 0. The number of aromatic nitrogens is 1.